The highest BCUT2D eigenvalue weighted by Crippen LogP contribution is 1.98. The van der Waals surface area contributed by atoms with Gasteiger partial charge in [-0.05, 0) is 27.6 Å². The van der Waals surface area contributed by atoms with Crippen molar-refractivity contribution in [3.63, 3.8) is 0 Å². The van der Waals surface area contributed by atoms with Crippen LogP contribution in [0.25, 0.3) is 0 Å². The lowest BCUT2D eigenvalue weighted by atomic mass is 10.2. The molecular formula is C10H20N2. The SMILES string of the molecule is C#CCN(CC)C(C)CN(C)C. The molecule has 0 aromatic heterocycles. The Labute approximate surface area is 76.5 Å². The highest BCUT2D eigenvalue weighted by atomic mass is 15.2. The summed E-state index contributed by atoms with van der Waals surface area (Å²) in [5, 5.41) is 0. The molecule has 0 aliphatic rings. The van der Waals surface area contributed by atoms with Gasteiger partial charge in [-0.15, -0.1) is 6.42 Å². The topological polar surface area (TPSA) is 6.48 Å². The maximum absolute atomic E-state index is 5.27. The second-order valence-corrected chi connectivity index (χ2v) is 3.38. The van der Waals surface area contributed by atoms with Crippen molar-refractivity contribution in [2.24, 2.45) is 0 Å². The Bertz CT molecular complexity index is 146. The van der Waals surface area contributed by atoms with Gasteiger partial charge in [-0.25, -0.2) is 0 Å². The van der Waals surface area contributed by atoms with E-state index in [0.717, 1.165) is 19.6 Å². The van der Waals surface area contributed by atoms with E-state index in [2.05, 4.69) is 43.7 Å². The summed E-state index contributed by atoms with van der Waals surface area (Å²) in [5.74, 6) is 2.68. The van der Waals surface area contributed by atoms with E-state index in [1.165, 1.54) is 0 Å². The summed E-state index contributed by atoms with van der Waals surface area (Å²) in [5.41, 5.74) is 0. The Hall–Kier alpha value is -0.520. The molecule has 0 aromatic rings. The number of hydrogen-bond acceptors (Lipinski definition) is 2. The molecule has 1 atom stereocenters. The Morgan fingerprint density at radius 1 is 1.42 bits per heavy atom. The van der Waals surface area contributed by atoms with Gasteiger partial charge in [0.1, 0.15) is 0 Å². The van der Waals surface area contributed by atoms with Crippen LogP contribution in [0.4, 0.5) is 0 Å². The summed E-state index contributed by atoms with van der Waals surface area (Å²) in [7, 11) is 4.17. The minimum atomic E-state index is 0.543. The van der Waals surface area contributed by atoms with E-state index in [9.17, 15) is 0 Å². The molecule has 2 heteroatoms. The van der Waals surface area contributed by atoms with Crippen molar-refractivity contribution in [3.8, 4) is 12.3 Å². The third-order valence-corrected chi connectivity index (χ3v) is 1.95. The maximum atomic E-state index is 5.27. The van der Waals surface area contributed by atoms with Crippen LogP contribution in [-0.4, -0.2) is 49.6 Å². The maximum Gasteiger partial charge on any atom is 0.0601 e. The number of nitrogens with zero attached hydrogens (tertiary/aromatic N) is 2. The molecule has 0 amide bonds. The summed E-state index contributed by atoms with van der Waals surface area (Å²) in [6.07, 6.45) is 5.27. The summed E-state index contributed by atoms with van der Waals surface area (Å²) < 4.78 is 0. The van der Waals surface area contributed by atoms with Crippen molar-refractivity contribution in [2.45, 2.75) is 19.9 Å². The molecule has 0 saturated carbocycles. The van der Waals surface area contributed by atoms with Gasteiger partial charge in [0.2, 0.25) is 0 Å². The monoisotopic (exact) mass is 168 g/mol. The fraction of sp³-hybridized carbons (Fsp3) is 0.800. The highest BCUT2D eigenvalue weighted by molar-refractivity contribution is 4.89. The van der Waals surface area contributed by atoms with Gasteiger partial charge in [-0.2, -0.15) is 0 Å². The Morgan fingerprint density at radius 3 is 2.33 bits per heavy atom. The van der Waals surface area contributed by atoms with Crippen LogP contribution in [0.15, 0.2) is 0 Å². The Morgan fingerprint density at radius 2 is 2.00 bits per heavy atom. The van der Waals surface area contributed by atoms with Gasteiger partial charge in [0.15, 0.2) is 0 Å². The van der Waals surface area contributed by atoms with Crippen molar-refractivity contribution in [3.05, 3.63) is 0 Å². The van der Waals surface area contributed by atoms with E-state index in [1.54, 1.807) is 0 Å². The highest BCUT2D eigenvalue weighted by Gasteiger charge is 2.10. The predicted molar refractivity (Wildman–Crippen MR) is 54.1 cm³/mol. The van der Waals surface area contributed by atoms with Crippen molar-refractivity contribution in [1.29, 1.82) is 0 Å². The first kappa shape index (κ1) is 11.5. The van der Waals surface area contributed by atoms with E-state index in [4.69, 9.17) is 6.42 Å². The van der Waals surface area contributed by atoms with Crippen LogP contribution in [-0.2, 0) is 0 Å². The van der Waals surface area contributed by atoms with E-state index < -0.39 is 0 Å². The lowest BCUT2D eigenvalue weighted by Gasteiger charge is -2.27. The van der Waals surface area contributed by atoms with Crippen LogP contribution in [0, 0.1) is 12.3 Å². The molecule has 0 rings (SSSR count). The number of likely N-dealkylation sites (N-methyl/N-ethyl adjacent to an activating group) is 2. The van der Waals surface area contributed by atoms with Gasteiger partial charge in [0, 0.05) is 12.6 Å². The van der Waals surface area contributed by atoms with Crippen LogP contribution in [0.2, 0.25) is 0 Å². The van der Waals surface area contributed by atoms with Crippen LogP contribution in [0.3, 0.4) is 0 Å². The van der Waals surface area contributed by atoms with E-state index in [1.807, 2.05) is 0 Å². The van der Waals surface area contributed by atoms with E-state index in [0.29, 0.717) is 6.04 Å². The second kappa shape index (κ2) is 6.05. The van der Waals surface area contributed by atoms with Gasteiger partial charge in [-0.1, -0.05) is 12.8 Å². The lowest BCUT2D eigenvalue weighted by molar-refractivity contribution is 0.201. The fourth-order valence-corrected chi connectivity index (χ4v) is 1.34. The number of hydrogen-bond donors (Lipinski definition) is 0. The smallest absolute Gasteiger partial charge is 0.0601 e. The van der Waals surface area contributed by atoms with Crippen LogP contribution < -0.4 is 0 Å². The van der Waals surface area contributed by atoms with Crippen LogP contribution >= 0.6 is 0 Å². The Kier molecular flexibility index (Phi) is 5.79. The molecular weight excluding hydrogens is 148 g/mol. The van der Waals surface area contributed by atoms with Crippen molar-refractivity contribution in [2.75, 3.05) is 33.7 Å². The van der Waals surface area contributed by atoms with Crippen molar-refractivity contribution in [1.82, 2.24) is 9.80 Å². The zero-order chi connectivity index (χ0) is 9.56. The molecule has 0 spiro atoms. The molecule has 0 bridgehead atoms. The fourth-order valence-electron chi connectivity index (χ4n) is 1.34. The molecule has 0 saturated heterocycles. The standard InChI is InChI=1S/C10H20N2/c1-6-8-12(7-2)10(3)9-11(4)5/h1,10H,7-9H2,2-5H3. The van der Waals surface area contributed by atoms with Gasteiger partial charge in [0.25, 0.3) is 0 Å². The third-order valence-electron chi connectivity index (χ3n) is 1.95. The molecule has 0 aliphatic heterocycles. The normalized spacial score (nSPS) is 13.4. The molecule has 0 radical (unpaired) electrons. The van der Waals surface area contributed by atoms with Crippen LogP contribution in [0.5, 0.6) is 0 Å². The largest absolute Gasteiger partial charge is 0.308 e. The predicted octanol–water partition coefficient (Wildman–Crippen LogP) is 0.892. The first-order chi connectivity index (χ1) is 5.61. The first-order valence-corrected chi connectivity index (χ1v) is 4.44. The second-order valence-electron chi connectivity index (χ2n) is 3.38. The zero-order valence-electron chi connectivity index (χ0n) is 8.67. The molecule has 0 aliphatic carbocycles. The van der Waals surface area contributed by atoms with Gasteiger partial charge in [-0.3, -0.25) is 4.90 Å². The number of rotatable bonds is 5. The molecule has 70 valence electrons. The van der Waals surface area contributed by atoms with E-state index >= 15 is 0 Å². The molecule has 0 heterocycles. The summed E-state index contributed by atoms with van der Waals surface area (Å²) >= 11 is 0. The van der Waals surface area contributed by atoms with Crippen molar-refractivity contribution < 1.29 is 0 Å². The summed E-state index contributed by atoms with van der Waals surface area (Å²) in [4.78, 5) is 4.48. The zero-order valence-corrected chi connectivity index (χ0v) is 8.67. The minimum Gasteiger partial charge on any atom is -0.308 e. The molecule has 0 N–H and O–H groups in total. The lowest BCUT2D eigenvalue weighted by Crippen LogP contribution is -2.40. The van der Waals surface area contributed by atoms with Gasteiger partial charge in [0.05, 0.1) is 6.54 Å². The summed E-state index contributed by atoms with van der Waals surface area (Å²) in [6, 6.07) is 0.543. The van der Waals surface area contributed by atoms with Crippen LogP contribution in [0.1, 0.15) is 13.8 Å². The molecule has 12 heavy (non-hydrogen) atoms. The van der Waals surface area contributed by atoms with E-state index in [-0.39, 0.29) is 0 Å². The molecule has 0 aromatic carbocycles. The molecule has 2 nitrogen and oxygen atoms in total. The third kappa shape index (κ3) is 4.38. The Balaban J connectivity index is 3.86. The number of terminal acetylenes is 1. The minimum absolute atomic E-state index is 0.543. The quantitative estimate of drug-likeness (QED) is 0.563. The summed E-state index contributed by atoms with van der Waals surface area (Å²) in [6.45, 7) is 7.20. The van der Waals surface area contributed by atoms with Gasteiger partial charge < -0.3 is 4.90 Å². The molecule has 1 unspecified atom stereocenters. The first-order valence-electron chi connectivity index (χ1n) is 4.44. The van der Waals surface area contributed by atoms with Crippen molar-refractivity contribution >= 4 is 0 Å². The van der Waals surface area contributed by atoms with Gasteiger partial charge >= 0.3 is 0 Å². The average Bonchev–Trinajstić information content (AvgIpc) is 1.98. The average molecular weight is 168 g/mol. The molecule has 0 fully saturated rings.